The average Bonchev–Trinajstić information content (AvgIpc) is 2.71. The van der Waals surface area contributed by atoms with Crippen LogP contribution >= 0.6 is 0 Å². The Labute approximate surface area is 177 Å². The molecule has 2 aromatic carbocycles. The number of ether oxygens (including phenoxy) is 1. The zero-order valence-corrected chi connectivity index (χ0v) is 18.3. The highest BCUT2D eigenvalue weighted by molar-refractivity contribution is 5.78. The molecule has 0 radical (unpaired) electrons. The first-order valence-electron chi connectivity index (χ1n) is 10.2. The normalized spacial score (nSPS) is 12.2. The summed E-state index contributed by atoms with van der Waals surface area (Å²) in [4.78, 5) is 32.6. The van der Waals surface area contributed by atoms with Gasteiger partial charge in [0.25, 0.3) is 5.56 Å². The lowest BCUT2D eigenvalue weighted by atomic mass is 10.1. The maximum absolute atomic E-state index is 13.5. The summed E-state index contributed by atoms with van der Waals surface area (Å²) >= 11 is 0. The molecule has 0 aliphatic heterocycles. The summed E-state index contributed by atoms with van der Waals surface area (Å²) in [5, 5.41) is 0.558. The molecule has 0 aliphatic rings. The molecule has 1 heterocycles. The number of para-hydroxylation sites is 1. The number of carbonyl (C=O) groups is 1. The van der Waals surface area contributed by atoms with Crippen LogP contribution in [-0.4, -0.2) is 40.6 Å². The first kappa shape index (κ1) is 21.7. The number of amides is 1. The van der Waals surface area contributed by atoms with Gasteiger partial charge in [0.15, 0.2) is 0 Å². The SMILES string of the molecule is COCCCN(C(C)=O)C(C)c1nc2ccccc2c(=O)n1-c1ccc(C)cc1C. The van der Waals surface area contributed by atoms with E-state index in [1.165, 1.54) is 0 Å². The lowest BCUT2D eigenvalue weighted by Gasteiger charge is -2.30. The molecule has 0 aliphatic carbocycles. The van der Waals surface area contributed by atoms with E-state index in [0.29, 0.717) is 36.3 Å². The first-order valence-corrected chi connectivity index (χ1v) is 10.2. The number of aryl methyl sites for hydroxylation is 2. The van der Waals surface area contributed by atoms with Crippen LogP contribution in [0.5, 0.6) is 0 Å². The third-order valence-corrected chi connectivity index (χ3v) is 5.39. The zero-order valence-electron chi connectivity index (χ0n) is 18.3. The molecule has 3 rings (SSSR count). The Balaban J connectivity index is 2.24. The van der Waals surface area contributed by atoms with Crippen molar-refractivity contribution in [2.45, 2.75) is 40.2 Å². The second kappa shape index (κ2) is 9.22. The second-order valence-electron chi connectivity index (χ2n) is 7.65. The molecule has 1 amide bonds. The Morgan fingerprint density at radius 1 is 1.20 bits per heavy atom. The van der Waals surface area contributed by atoms with E-state index in [1.54, 1.807) is 29.6 Å². The summed E-state index contributed by atoms with van der Waals surface area (Å²) in [5.74, 6) is 0.492. The number of rotatable bonds is 7. The van der Waals surface area contributed by atoms with Crippen LogP contribution in [0.1, 0.15) is 43.3 Å². The average molecular weight is 408 g/mol. The number of hydrogen-bond donors (Lipinski definition) is 0. The van der Waals surface area contributed by atoms with Gasteiger partial charge >= 0.3 is 0 Å². The largest absolute Gasteiger partial charge is 0.385 e. The van der Waals surface area contributed by atoms with Crippen LogP contribution in [0.4, 0.5) is 0 Å². The number of aromatic nitrogens is 2. The van der Waals surface area contributed by atoms with E-state index in [9.17, 15) is 9.59 Å². The maximum Gasteiger partial charge on any atom is 0.266 e. The van der Waals surface area contributed by atoms with Gasteiger partial charge in [0.2, 0.25) is 5.91 Å². The summed E-state index contributed by atoms with van der Waals surface area (Å²) in [5.41, 5.74) is 3.39. The fraction of sp³-hybridized carbons (Fsp3) is 0.375. The minimum absolute atomic E-state index is 0.0619. The van der Waals surface area contributed by atoms with Crippen molar-refractivity contribution >= 4 is 16.8 Å². The summed E-state index contributed by atoms with van der Waals surface area (Å²) in [6.07, 6.45) is 0.710. The van der Waals surface area contributed by atoms with Crippen LogP contribution in [0.2, 0.25) is 0 Å². The van der Waals surface area contributed by atoms with E-state index < -0.39 is 0 Å². The molecular formula is C24H29N3O3. The number of hydrogen-bond acceptors (Lipinski definition) is 4. The van der Waals surface area contributed by atoms with Crippen molar-refractivity contribution in [2.75, 3.05) is 20.3 Å². The number of carbonyl (C=O) groups excluding carboxylic acids is 1. The minimum Gasteiger partial charge on any atom is -0.385 e. The van der Waals surface area contributed by atoms with Crippen LogP contribution in [0.25, 0.3) is 16.6 Å². The standard InChI is InChI=1S/C24H29N3O3/c1-16-11-12-22(17(2)15-16)27-23(18(3)26(19(4)28)13-8-14-30-5)25-21-10-7-6-9-20(21)24(27)29/h6-7,9-12,15,18H,8,13-14H2,1-5H3. The van der Waals surface area contributed by atoms with E-state index in [2.05, 4.69) is 0 Å². The van der Waals surface area contributed by atoms with Crippen LogP contribution in [0, 0.1) is 13.8 Å². The van der Waals surface area contributed by atoms with Crippen LogP contribution in [0.15, 0.2) is 47.3 Å². The lowest BCUT2D eigenvalue weighted by molar-refractivity contribution is -0.131. The van der Waals surface area contributed by atoms with Crippen molar-refractivity contribution < 1.29 is 9.53 Å². The van der Waals surface area contributed by atoms with Crippen LogP contribution < -0.4 is 5.56 Å². The van der Waals surface area contributed by atoms with Gasteiger partial charge in [-0.2, -0.15) is 0 Å². The van der Waals surface area contributed by atoms with Gasteiger partial charge in [-0.05, 0) is 51.0 Å². The van der Waals surface area contributed by atoms with Gasteiger partial charge in [-0.25, -0.2) is 4.98 Å². The number of benzene rings is 2. The van der Waals surface area contributed by atoms with Gasteiger partial charge in [0.1, 0.15) is 5.82 Å². The Hall–Kier alpha value is -2.99. The Morgan fingerprint density at radius 3 is 2.60 bits per heavy atom. The predicted octanol–water partition coefficient (Wildman–Crippen LogP) is 3.95. The highest BCUT2D eigenvalue weighted by Gasteiger charge is 2.25. The molecule has 1 unspecified atom stereocenters. The van der Waals surface area contributed by atoms with Crippen LogP contribution in [-0.2, 0) is 9.53 Å². The Morgan fingerprint density at radius 2 is 1.93 bits per heavy atom. The molecule has 0 N–H and O–H groups in total. The van der Waals surface area contributed by atoms with Crippen molar-refractivity contribution in [3.05, 3.63) is 69.8 Å². The minimum atomic E-state index is -0.377. The lowest BCUT2D eigenvalue weighted by Crippen LogP contribution is -2.37. The summed E-state index contributed by atoms with van der Waals surface area (Å²) < 4.78 is 6.81. The molecule has 0 fully saturated rings. The van der Waals surface area contributed by atoms with Gasteiger partial charge in [0, 0.05) is 27.2 Å². The highest BCUT2D eigenvalue weighted by atomic mass is 16.5. The molecule has 1 aromatic heterocycles. The maximum atomic E-state index is 13.5. The molecular weight excluding hydrogens is 378 g/mol. The first-order chi connectivity index (χ1) is 14.3. The quantitative estimate of drug-likeness (QED) is 0.557. The second-order valence-corrected chi connectivity index (χ2v) is 7.65. The van der Waals surface area contributed by atoms with Crippen molar-refractivity contribution in [3.63, 3.8) is 0 Å². The Kier molecular flexibility index (Phi) is 6.67. The molecule has 6 heteroatoms. The molecule has 0 saturated heterocycles. The van der Waals surface area contributed by atoms with Crippen molar-refractivity contribution in [2.24, 2.45) is 0 Å². The fourth-order valence-electron chi connectivity index (χ4n) is 3.86. The summed E-state index contributed by atoms with van der Waals surface area (Å²) in [6, 6.07) is 12.9. The molecule has 158 valence electrons. The fourth-order valence-corrected chi connectivity index (χ4v) is 3.86. The van der Waals surface area contributed by atoms with Gasteiger partial charge in [-0.1, -0.05) is 29.8 Å². The molecule has 3 aromatic rings. The van der Waals surface area contributed by atoms with E-state index in [4.69, 9.17) is 9.72 Å². The number of fused-ring (bicyclic) bond motifs is 1. The van der Waals surface area contributed by atoms with E-state index >= 15 is 0 Å². The Bertz CT molecular complexity index is 1120. The van der Waals surface area contributed by atoms with Crippen molar-refractivity contribution in [1.82, 2.24) is 14.5 Å². The van der Waals surface area contributed by atoms with Gasteiger partial charge < -0.3 is 9.64 Å². The zero-order chi connectivity index (χ0) is 21.8. The molecule has 0 spiro atoms. The summed E-state index contributed by atoms with van der Waals surface area (Å²) in [7, 11) is 1.64. The molecule has 0 saturated carbocycles. The smallest absolute Gasteiger partial charge is 0.266 e. The molecule has 0 bridgehead atoms. The van der Waals surface area contributed by atoms with Crippen molar-refractivity contribution in [3.8, 4) is 5.69 Å². The van der Waals surface area contributed by atoms with Crippen molar-refractivity contribution in [1.29, 1.82) is 0 Å². The summed E-state index contributed by atoms with van der Waals surface area (Å²) in [6.45, 7) is 8.56. The number of nitrogens with zero attached hydrogens (tertiary/aromatic N) is 3. The third-order valence-electron chi connectivity index (χ3n) is 5.39. The van der Waals surface area contributed by atoms with E-state index in [0.717, 1.165) is 16.8 Å². The monoisotopic (exact) mass is 407 g/mol. The molecule has 1 atom stereocenters. The van der Waals surface area contributed by atoms with E-state index in [1.807, 2.05) is 57.2 Å². The van der Waals surface area contributed by atoms with E-state index in [-0.39, 0.29) is 17.5 Å². The molecule has 30 heavy (non-hydrogen) atoms. The third kappa shape index (κ3) is 4.28. The predicted molar refractivity (Wildman–Crippen MR) is 119 cm³/mol. The topological polar surface area (TPSA) is 64.4 Å². The highest BCUT2D eigenvalue weighted by Crippen LogP contribution is 2.25. The number of methoxy groups -OCH3 is 1. The van der Waals surface area contributed by atoms with Gasteiger partial charge in [0.05, 0.1) is 22.6 Å². The van der Waals surface area contributed by atoms with Gasteiger partial charge in [-0.15, -0.1) is 0 Å². The van der Waals surface area contributed by atoms with Gasteiger partial charge in [-0.3, -0.25) is 14.2 Å². The van der Waals surface area contributed by atoms with Crippen LogP contribution in [0.3, 0.4) is 0 Å². The molecule has 6 nitrogen and oxygen atoms in total.